The van der Waals surface area contributed by atoms with Crippen LogP contribution in [-0.2, 0) is 0 Å². The molecule has 2 nitrogen and oxygen atoms in total. The highest BCUT2D eigenvalue weighted by Gasteiger charge is 1.98. The summed E-state index contributed by atoms with van der Waals surface area (Å²) in [5.74, 6) is 6.79. The van der Waals surface area contributed by atoms with Crippen LogP contribution in [0.25, 0.3) is 0 Å². The normalized spacial score (nSPS) is 9.00. The fourth-order valence-corrected chi connectivity index (χ4v) is 1.35. The molecule has 0 amide bonds. The molecule has 2 heteroatoms. The minimum Gasteiger partial charge on any atom is -0.497 e. The molecule has 0 aliphatic carbocycles. The van der Waals surface area contributed by atoms with Gasteiger partial charge in [0.05, 0.1) is 7.11 Å². The van der Waals surface area contributed by atoms with Crippen LogP contribution < -0.4 is 10.1 Å². The molecule has 80 valence electrons. The van der Waals surface area contributed by atoms with E-state index in [9.17, 15) is 0 Å². The van der Waals surface area contributed by atoms with Crippen molar-refractivity contribution in [2.24, 2.45) is 0 Å². The van der Waals surface area contributed by atoms with E-state index in [1.54, 1.807) is 7.11 Å². The van der Waals surface area contributed by atoms with Crippen molar-refractivity contribution in [3.05, 3.63) is 23.8 Å². The Balaban J connectivity index is 2.56. The van der Waals surface area contributed by atoms with Gasteiger partial charge in [0.15, 0.2) is 0 Å². The molecule has 0 unspecified atom stereocenters. The number of benzene rings is 1. The summed E-state index contributed by atoms with van der Waals surface area (Å²) in [6.45, 7) is 4.81. The Bertz CT molecular complexity index is 374. The van der Waals surface area contributed by atoms with E-state index in [1.165, 1.54) is 5.56 Å². The molecule has 1 aromatic rings. The van der Waals surface area contributed by atoms with Crippen LogP contribution in [0.5, 0.6) is 5.75 Å². The van der Waals surface area contributed by atoms with E-state index in [0.717, 1.165) is 24.4 Å². The van der Waals surface area contributed by atoms with Gasteiger partial charge < -0.3 is 10.1 Å². The molecule has 0 fully saturated rings. The second-order valence-electron chi connectivity index (χ2n) is 3.28. The first kappa shape index (κ1) is 11.5. The third-order valence-corrected chi connectivity index (χ3v) is 2.18. The Morgan fingerprint density at radius 2 is 2.20 bits per heavy atom. The number of anilines is 1. The average Bonchev–Trinajstić information content (AvgIpc) is 2.26. The topological polar surface area (TPSA) is 21.3 Å². The number of methoxy groups -OCH3 is 1. The Morgan fingerprint density at radius 1 is 1.40 bits per heavy atom. The molecule has 0 radical (unpaired) electrons. The maximum atomic E-state index is 5.14. The lowest BCUT2D eigenvalue weighted by Gasteiger charge is -2.09. The molecule has 1 rings (SSSR count). The molecule has 0 heterocycles. The van der Waals surface area contributed by atoms with Gasteiger partial charge in [0, 0.05) is 18.7 Å². The average molecular weight is 203 g/mol. The summed E-state index contributed by atoms with van der Waals surface area (Å²) in [5, 5.41) is 3.34. The highest BCUT2D eigenvalue weighted by atomic mass is 16.5. The van der Waals surface area contributed by atoms with E-state index in [4.69, 9.17) is 4.74 Å². The molecule has 15 heavy (non-hydrogen) atoms. The molecular weight excluding hydrogens is 186 g/mol. The van der Waals surface area contributed by atoms with Gasteiger partial charge in [-0.05, 0) is 37.6 Å². The minimum atomic E-state index is 0.877. The second-order valence-corrected chi connectivity index (χ2v) is 3.28. The molecule has 0 saturated carbocycles. The third kappa shape index (κ3) is 3.55. The molecule has 0 spiro atoms. The van der Waals surface area contributed by atoms with Crippen LogP contribution in [0, 0.1) is 18.8 Å². The predicted molar refractivity (Wildman–Crippen MR) is 64.3 cm³/mol. The van der Waals surface area contributed by atoms with Gasteiger partial charge in [-0.25, -0.2) is 0 Å². The largest absolute Gasteiger partial charge is 0.497 e. The van der Waals surface area contributed by atoms with E-state index in [-0.39, 0.29) is 0 Å². The number of hydrogen-bond donors (Lipinski definition) is 1. The van der Waals surface area contributed by atoms with Gasteiger partial charge in [0.2, 0.25) is 0 Å². The van der Waals surface area contributed by atoms with Crippen LogP contribution in [0.4, 0.5) is 5.69 Å². The number of rotatable bonds is 4. The van der Waals surface area contributed by atoms with Crippen LogP contribution in [0.3, 0.4) is 0 Å². The van der Waals surface area contributed by atoms with Gasteiger partial charge >= 0.3 is 0 Å². The van der Waals surface area contributed by atoms with Crippen molar-refractivity contribution in [2.45, 2.75) is 20.3 Å². The van der Waals surface area contributed by atoms with Crippen molar-refractivity contribution >= 4 is 5.69 Å². The van der Waals surface area contributed by atoms with Crippen molar-refractivity contribution in [1.82, 2.24) is 0 Å². The van der Waals surface area contributed by atoms with Gasteiger partial charge in [-0.3, -0.25) is 0 Å². The molecular formula is C13H17NO. The molecule has 0 aromatic heterocycles. The summed E-state index contributed by atoms with van der Waals surface area (Å²) in [6.07, 6.45) is 0.877. The molecule has 0 saturated heterocycles. The molecule has 0 aliphatic rings. The van der Waals surface area contributed by atoms with Crippen molar-refractivity contribution < 1.29 is 4.74 Å². The lowest BCUT2D eigenvalue weighted by Crippen LogP contribution is -2.02. The van der Waals surface area contributed by atoms with E-state index in [0.29, 0.717) is 0 Å². The maximum Gasteiger partial charge on any atom is 0.119 e. The maximum absolute atomic E-state index is 5.14. The zero-order valence-electron chi connectivity index (χ0n) is 9.55. The van der Waals surface area contributed by atoms with E-state index >= 15 is 0 Å². The summed E-state index contributed by atoms with van der Waals surface area (Å²) in [4.78, 5) is 0. The Hall–Kier alpha value is -1.62. The van der Waals surface area contributed by atoms with Crippen LogP contribution in [-0.4, -0.2) is 13.7 Å². The first-order valence-electron chi connectivity index (χ1n) is 5.06. The monoisotopic (exact) mass is 203 g/mol. The van der Waals surface area contributed by atoms with E-state index in [2.05, 4.69) is 24.1 Å². The number of aryl methyl sites for hydroxylation is 1. The van der Waals surface area contributed by atoms with Gasteiger partial charge in [-0.15, -0.1) is 11.8 Å². The van der Waals surface area contributed by atoms with Crippen LogP contribution in [0.1, 0.15) is 18.9 Å². The van der Waals surface area contributed by atoms with E-state index < -0.39 is 0 Å². The van der Waals surface area contributed by atoms with Gasteiger partial charge in [0.25, 0.3) is 0 Å². The number of hydrogen-bond acceptors (Lipinski definition) is 2. The van der Waals surface area contributed by atoms with Crippen LogP contribution >= 0.6 is 0 Å². The minimum absolute atomic E-state index is 0.877. The fraction of sp³-hybridized carbons (Fsp3) is 0.385. The van der Waals surface area contributed by atoms with Crippen molar-refractivity contribution in [3.63, 3.8) is 0 Å². The molecule has 0 bridgehead atoms. The van der Waals surface area contributed by atoms with Crippen molar-refractivity contribution in [3.8, 4) is 17.6 Å². The van der Waals surface area contributed by atoms with Crippen LogP contribution in [0.15, 0.2) is 18.2 Å². The molecule has 0 aliphatic heterocycles. The van der Waals surface area contributed by atoms with Crippen molar-refractivity contribution in [1.29, 1.82) is 0 Å². The molecule has 0 atom stereocenters. The zero-order chi connectivity index (χ0) is 11.1. The SMILES string of the molecule is CC#CCCNc1ccc(OC)cc1C. The van der Waals surface area contributed by atoms with Crippen LogP contribution in [0.2, 0.25) is 0 Å². The van der Waals surface area contributed by atoms with Gasteiger partial charge in [-0.2, -0.15) is 0 Å². The Morgan fingerprint density at radius 3 is 2.80 bits per heavy atom. The van der Waals surface area contributed by atoms with Gasteiger partial charge in [0.1, 0.15) is 5.75 Å². The summed E-state index contributed by atoms with van der Waals surface area (Å²) >= 11 is 0. The smallest absolute Gasteiger partial charge is 0.119 e. The highest BCUT2D eigenvalue weighted by molar-refractivity contribution is 5.53. The summed E-state index contributed by atoms with van der Waals surface area (Å²) in [6, 6.07) is 6.02. The first-order chi connectivity index (χ1) is 7.27. The third-order valence-electron chi connectivity index (χ3n) is 2.18. The predicted octanol–water partition coefficient (Wildman–Crippen LogP) is 2.83. The number of nitrogens with one attached hydrogen (secondary N) is 1. The Kier molecular flexibility index (Phi) is 4.56. The lowest BCUT2D eigenvalue weighted by atomic mass is 10.2. The number of ether oxygens (including phenoxy) is 1. The van der Waals surface area contributed by atoms with E-state index in [1.807, 2.05) is 25.1 Å². The quantitative estimate of drug-likeness (QED) is 0.600. The standard InChI is InChI=1S/C13H17NO/c1-4-5-6-9-14-13-8-7-12(15-3)10-11(13)2/h7-8,10,14H,6,9H2,1-3H3. The van der Waals surface area contributed by atoms with Crippen molar-refractivity contribution in [2.75, 3.05) is 19.0 Å². The first-order valence-corrected chi connectivity index (χ1v) is 5.06. The second kappa shape index (κ2) is 5.98. The zero-order valence-corrected chi connectivity index (χ0v) is 9.55. The highest BCUT2D eigenvalue weighted by Crippen LogP contribution is 2.20. The summed E-state index contributed by atoms with van der Waals surface area (Å²) < 4.78 is 5.14. The molecule has 1 aromatic carbocycles. The lowest BCUT2D eigenvalue weighted by molar-refractivity contribution is 0.414. The molecule has 1 N–H and O–H groups in total. The summed E-state index contributed by atoms with van der Waals surface area (Å²) in [7, 11) is 1.68. The Labute approximate surface area is 91.6 Å². The fourth-order valence-electron chi connectivity index (χ4n) is 1.35. The summed E-state index contributed by atoms with van der Waals surface area (Å²) in [5.41, 5.74) is 2.34. The van der Waals surface area contributed by atoms with Gasteiger partial charge in [-0.1, -0.05) is 0 Å².